The van der Waals surface area contributed by atoms with E-state index in [9.17, 15) is 23.1 Å². The van der Waals surface area contributed by atoms with Crippen LogP contribution in [0, 0.1) is 0 Å². The lowest BCUT2D eigenvalue weighted by molar-refractivity contribution is -0.117. The van der Waals surface area contributed by atoms with Crippen LogP contribution < -0.4 is 15.0 Å². The molecule has 2 aromatic rings. The normalized spacial score (nSPS) is 13.7. The quantitative estimate of drug-likeness (QED) is 0.671. The van der Waals surface area contributed by atoms with Crippen LogP contribution in [0.2, 0.25) is 5.02 Å². The van der Waals surface area contributed by atoms with Crippen LogP contribution in [0.3, 0.4) is 0 Å². The van der Waals surface area contributed by atoms with E-state index < -0.39 is 22.6 Å². The molecule has 2 N–H and O–H groups in total. The topological polar surface area (TPSA) is 125 Å². The molecule has 3 rings (SSSR count). The van der Waals surface area contributed by atoms with E-state index in [4.69, 9.17) is 16.3 Å². The first kappa shape index (κ1) is 22.7. The Bertz CT molecular complexity index is 1100. The van der Waals surface area contributed by atoms with E-state index in [1.807, 2.05) is 17.0 Å². The number of benzene rings is 2. The number of amides is 2. The third-order valence-electron chi connectivity index (χ3n) is 4.75. The smallest absolute Gasteiger partial charge is 0.408 e. The van der Waals surface area contributed by atoms with E-state index in [0.717, 1.165) is 24.1 Å². The van der Waals surface area contributed by atoms with Gasteiger partial charge in [0.05, 0.1) is 0 Å². The Morgan fingerprint density at radius 3 is 2.65 bits per heavy atom. The van der Waals surface area contributed by atoms with Gasteiger partial charge in [-0.3, -0.25) is 4.79 Å². The summed E-state index contributed by atoms with van der Waals surface area (Å²) in [4.78, 5) is 26.2. The number of nitrogens with one attached hydrogen (secondary N) is 1. The number of carbonyl (C=O) groups excluding carboxylic acids is 2. The fraction of sp³-hybridized carbons (Fsp3) is 0.300. The van der Waals surface area contributed by atoms with E-state index in [1.54, 1.807) is 6.07 Å². The number of aliphatic hydroxyl groups is 1. The van der Waals surface area contributed by atoms with E-state index in [0.29, 0.717) is 17.3 Å². The zero-order chi connectivity index (χ0) is 22.4. The molecule has 1 atom stereocenters. The number of ether oxygens (including phenoxy) is 1. The molecule has 2 amide bonds. The number of aliphatic hydroxyl groups excluding tert-OH is 1. The van der Waals surface area contributed by atoms with Crippen LogP contribution in [0.5, 0.6) is 5.75 Å². The monoisotopic (exact) mass is 465 g/mol. The van der Waals surface area contributed by atoms with Crippen molar-refractivity contribution in [1.29, 1.82) is 0 Å². The van der Waals surface area contributed by atoms with Gasteiger partial charge in [0.2, 0.25) is 5.91 Å². The highest BCUT2D eigenvalue weighted by molar-refractivity contribution is 7.62. The average Bonchev–Trinajstić information content (AvgIpc) is 2.72. The molecule has 1 aliphatic heterocycles. The minimum absolute atomic E-state index is 0.0749. The highest BCUT2D eigenvalue weighted by Gasteiger charge is 2.29. The second-order valence-corrected chi connectivity index (χ2v) is 7.84. The van der Waals surface area contributed by atoms with Crippen molar-refractivity contribution in [3.63, 3.8) is 0 Å². The molecule has 0 spiro atoms. The standard InChI is InChI=1S/C20H20ClN3O6S/c21-14-3-8-17-13(12-14)2-1-10-24(17)18(9-11-25)19(26)22-15-4-6-16(7-5-15)30-20(27)23-31(28)29/h3-8,12,18,25H,1-2,9-11H2,(H,22,26). The minimum atomic E-state index is -2.90. The van der Waals surface area contributed by atoms with E-state index in [1.165, 1.54) is 24.3 Å². The van der Waals surface area contributed by atoms with Crippen molar-refractivity contribution >= 4 is 45.5 Å². The fourth-order valence-electron chi connectivity index (χ4n) is 3.48. The summed E-state index contributed by atoms with van der Waals surface area (Å²) in [6.45, 7) is 0.517. The maximum Gasteiger partial charge on any atom is 0.454 e. The van der Waals surface area contributed by atoms with E-state index in [-0.39, 0.29) is 24.7 Å². The van der Waals surface area contributed by atoms with Gasteiger partial charge in [-0.05, 0) is 67.3 Å². The van der Waals surface area contributed by atoms with Crippen molar-refractivity contribution in [3.05, 3.63) is 53.1 Å². The third-order valence-corrected chi connectivity index (χ3v) is 5.29. The second-order valence-electron chi connectivity index (χ2n) is 6.79. The minimum Gasteiger partial charge on any atom is -0.408 e. The summed E-state index contributed by atoms with van der Waals surface area (Å²) in [6, 6.07) is 10.8. The molecular weight excluding hydrogens is 446 g/mol. The summed E-state index contributed by atoms with van der Waals surface area (Å²) in [7, 11) is -2.90. The van der Waals surface area contributed by atoms with Gasteiger partial charge in [-0.25, -0.2) is 4.79 Å². The van der Waals surface area contributed by atoms with Crippen molar-refractivity contribution in [1.82, 2.24) is 0 Å². The van der Waals surface area contributed by atoms with E-state index >= 15 is 0 Å². The molecule has 0 saturated carbocycles. The molecular formula is C20H20ClN3O6S. The summed E-state index contributed by atoms with van der Waals surface area (Å²) < 4.78 is 28.2. The zero-order valence-electron chi connectivity index (χ0n) is 16.3. The van der Waals surface area contributed by atoms with Crippen molar-refractivity contribution in [2.45, 2.75) is 25.3 Å². The molecule has 1 heterocycles. The van der Waals surface area contributed by atoms with Gasteiger partial charge in [0.25, 0.3) is 0 Å². The van der Waals surface area contributed by atoms with Crippen molar-refractivity contribution < 1.29 is 27.9 Å². The van der Waals surface area contributed by atoms with Gasteiger partial charge >= 0.3 is 16.6 Å². The van der Waals surface area contributed by atoms with Crippen molar-refractivity contribution in [2.24, 2.45) is 4.36 Å². The predicted octanol–water partition coefficient (Wildman–Crippen LogP) is 3.04. The molecule has 1 aliphatic rings. The highest BCUT2D eigenvalue weighted by atomic mass is 35.5. The van der Waals surface area contributed by atoms with Gasteiger partial charge in [-0.1, -0.05) is 16.0 Å². The highest BCUT2D eigenvalue weighted by Crippen LogP contribution is 2.32. The molecule has 0 bridgehead atoms. The van der Waals surface area contributed by atoms with Crippen LogP contribution in [0.15, 0.2) is 46.8 Å². The molecule has 0 radical (unpaired) electrons. The number of fused-ring (bicyclic) bond motifs is 1. The largest absolute Gasteiger partial charge is 0.454 e. The Morgan fingerprint density at radius 2 is 1.97 bits per heavy atom. The maximum absolute atomic E-state index is 13.0. The van der Waals surface area contributed by atoms with Gasteiger partial charge in [-0.15, -0.1) is 0 Å². The molecule has 31 heavy (non-hydrogen) atoms. The molecule has 0 saturated heterocycles. The van der Waals surface area contributed by atoms with Gasteiger partial charge in [0.1, 0.15) is 11.8 Å². The van der Waals surface area contributed by atoms with Crippen molar-refractivity contribution in [3.8, 4) is 5.75 Å². The first-order valence-electron chi connectivity index (χ1n) is 9.47. The van der Waals surface area contributed by atoms with Crippen LogP contribution in [0.25, 0.3) is 0 Å². The number of anilines is 2. The van der Waals surface area contributed by atoms with E-state index in [2.05, 4.69) is 9.68 Å². The summed E-state index contributed by atoms with van der Waals surface area (Å²) >= 11 is 6.10. The predicted molar refractivity (Wildman–Crippen MR) is 115 cm³/mol. The summed E-state index contributed by atoms with van der Waals surface area (Å²) in [6.07, 6.45) is 0.711. The fourth-order valence-corrected chi connectivity index (χ4v) is 3.84. The van der Waals surface area contributed by atoms with Crippen LogP contribution >= 0.6 is 11.6 Å². The summed E-state index contributed by atoms with van der Waals surface area (Å²) in [5.74, 6) is -0.218. The van der Waals surface area contributed by atoms with Gasteiger partial charge in [-0.2, -0.15) is 8.42 Å². The lowest BCUT2D eigenvalue weighted by Gasteiger charge is -2.37. The molecule has 164 valence electrons. The first-order valence-corrected chi connectivity index (χ1v) is 10.9. The Morgan fingerprint density at radius 1 is 1.23 bits per heavy atom. The number of hydrogen-bond acceptors (Lipinski definition) is 7. The molecule has 1 unspecified atom stereocenters. The number of aryl methyl sites for hydroxylation is 1. The first-order chi connectivity index (χ1) is 14.9. The molecule has 0 fully saturated rings. The summed E-state index contributed by atoms with van der Waals surface area (Å²) in [5.41, 5.74) is 2.43. The van der Waals surface area contributed by atoms with Crippen LogP contribution in [-0.4, -0.2) is 44.7 Å². The Hall–Kier alpha value is -2.95. The molecule has 0 aliphatic carbocycles. The Labute approximate surface area is 185 Å². The van der Waals surface area contributed by atoms with Gasteiger partial charge in [0, 0.05) is 29.5 Å². The second kappa shape index (κ2) is 10.4. The third kappa shape index (κ3) is 6.03. The molecule has 0 aromatic heterocycles. The van der Waals surface area contributed by atoms with Gasteiger partial charge < -0.3 is 20.1 Å². The van der Waals surface area contributed by atoms with Crippen LogP contribution in [-0.2, 0) is 21.7 Å². The summed E-state index contributed by atoms with van der Waals surface area (Å²) in [5, 5.41) is 13.0. The Balaban J connectivity index is 1.73. The van der Waals surface area contributed by atoms with Crippen LogP contribution in [0.4, 0.5) is 16.2 Å². The van der Waals surface area contributed by atoms with Crippen LogP contribution in [0.1, 0.15) is 18.4 Å². The number of halogens is 1. The number of nitrogens with zero attached hydrogens (tertiary/aromatic N) is 2. The molecule has 2 aromatic carbocycles. The SMILES string of the molecule is O=C(N=S(=O)=O)Oc1ccc(NC(=O)C(CCO)N2CCCc3cc(Cl)ccc32)cc1. The number of hydrogen-bond donors (Lipinski definition) is 2. The average molecular weight is 466 g/mol. The molecule has 11 heteroatoms. The lowest BCUT2D eigenvalue weighted by Crippen LogP contribution is -2.47. The van der Waals surface area contributed by atoms with Crippen molar-refractivity contribution in [2.75, 3.05) is 23.4 Å². The zero-order valence-corrected chi connectivity index (χ0v) is 17.9. The lowest BCUT2D eigenvalue weighted by atomic mass is 9.98. The number of carbonyl (C=O) groups is 2. The molecule has 9 nitrogen and oxygen atoms in total. The Kier molecular flexibility index (Phi) is 7.61. The van der Waals surface area contributed by atoms with Gasteiger partial charge in [0.15, 0.2) is 0 Å². The number of rotatable bonds is 6. The maximum atomic E-state index is 13.0.